The Morgan fingerprint density at radius 1 is 1.23 bits per heavy atom. The molecule has 0 radical (unpaired) electrons. The number of ether oxygens (including phenoxy) is 2. The van der Waals surface area contributed by atoms with E-state index in [-0.39, 0.29) is 17.8 Å². The summed E-state index contributed by atoms with van der Waals surface area (Å²) in [5.74, 6) is 0.839. The van der Waals surface area contributed by atoms with Crippen molar-refractivity contribution in [2.45, 2.75) is 39.0 Å². The van der Waals surface area contributed by atoms with Crippen LogP contribution in [0.3, 0.4) is 0 Å². The highest BCUT2D eigenvalue weighted by molar-refractivity contribution is 5.96. The lowest BCUT2D eigenvalue weighted by Crippen LogP contribution is -2.51. The summed E-state index contributed by atoms with van der Waals surface area (Å²) >= 11 is 0. The molecule has 1 saturated heterocycles. The molecule has 2 aliphatic rings. The number of fused-ring (bicyclic) bond motifs is 1. The molecule has 4 rings (SSSR count). The van der Waals surface area contributed by atoms with Gasteiger partial charge < -0.3 is 14.8 Å². The van der Waals surface area contributed by atoms with Crippen molar-refractivity contribution in [1.82, 2.24) is 10.2 Å². The van der Waals surface area contributed by atoms with Crippen molar-refractivity contribution >= 4 is 5.91 Å². The highest BCUT2D eigenvalue weighted by atomic mass is 19.1. The minimum atomic E-state index is -0.259. The first-order chi connectivity index (χ1) is 14.6. The Kier molecular flexibility index (Phi) is 6.65. The Bertz CT molecular complexity index is 871. The van der Waals surface area contributed by atoms with Crippen LogP contribution in [-0.2, 0) is 18.0 Å². The third-order valence-corrected chi connectivity index (χ3v) is 6.17. The van der Waals surface area contributed by atoms with Gasteiger partial charge in [0.2, 0.25) is 0 Å². The molecule has 1 fully saturated rings. The van der Waals surface area contributed by atoms with E-state index in [0.717, 1.165) is 49.2 Å². The fourth-order valence-corrected chi connectivity index (χ4v) is 4.40. The van der Waals surface area contributed by atoms with Crippen LogP contribution in [0.1, 0.15) is 41.3 Å². The van der Waals surface area contributed by atoms with E-state index < -0.39 is 0 Å². The largest absolute Gasteiger partial charge is 0.492 e. The van der Waals surface area contributed by atoms with Gasteiger partial charge in [-0.1, -0.05) is 25.5 Å². The number of carbonyl (C=O) groups is 1. The fourth-order valence-electron chi connectivity index (χ4n) is 4.40. The number of halogens is 1. The number of carbonyl (C=O) groups excluding carboxylic acids is 1. The number of nitrogens with zero attached hydrogens (tertiary/aromatic N) is 1. The standard InChI is InChI=1S/C24H29FN2O3/c1-2-17-14-27(12-13-30-20-8-6-19(25)7-9-20)11-10-23(17)26-24(28)21-5-3-4-18-15-29-16-22(18)21/h3-9,17,23H,2,10-16H2,1H3,(H,26,28)/t17-,23+/m1/s1. The monoisotopic (exact) mass is 412 g/mol. The molecule has 2 heterocycles. The Labute approximate surface area is 177 Å². The summed E-state index contributed by atoms with van der Waals surface area (Å²) in [5, 5.41) is 3.29. The summed E-state index contributed by atoms with van der Waals surface area (Å²) in [6.07, 6.45) is 1.93. The van der Waals surface area contributed by atoms with Gasteiger partial charge in [0.25, 0.3) is 5.91 Å². The summed E-state index contributed by atoms with van der Waals surface area (Å²) in [6, 6.07) is 12.1. The summed E-state index contributed by atoms with van der Waals surface area (Å²) < 4.78 is 24.2. The smallest absolute Gasteiger partial charge is 0.251 e. The number of likely N-dealkylation sites (tertiary alicyclic amines) is 1. The van der Waals surface area contributed by atoms with Gasteiger partial charge in [-0.15, -0.1) is 0 Å². The molecule has 2 aliphatic heterocycles. The van der Waals surface area contributed by atoms with Crippen LogP contribution in [-0.4, -0.2) is 43.1 Å². The van der Waals surface area contributed by atoms with Crippen molar-refractivity contribution in [2.75, 3.05) is 26.2 Å². The zero-order valence-electron chi connectivity index (χ0n) is 17.4. The number of rotatable bonds is 7. The van der Waals surface area contributed by atoms with Crippen molar-refractivity contribution in [2.24, 2.45) is 5.92 Å². The number of nitrogens with one attached hydrogen (secondary N) is 1. The van der Waals surface area contributed by atoms with Gasteiger partial charge in [-0.05, 0) is 53.8 Å². The van der Waals surface area contributed by atoms with Crippen molar-refractivity contribution in [1.29, 1.82) is 0 Å². The lowest BCUT2D eigenvalue weighted by Gasteiger charge is -2.38. The molecule has 6 heteroatoms. The van der Waals surface area contributed by atoms with Gasteiger partial charge >= 0.3 is 0 Å². The van der Waals surface area contributed by atoms with Crippen LogP contribution >= 0.6 is 0 Å². The maximum absolute atomic E-state index is 13.0. The normalized spacial score (nSPS) is 21.3. The van der Waals surface area contributed by atoms with Crippen LogP contribution in [0.2, 0.25) is 0 Å². The van der Waals surface area contributed by atoms with Crippen LogP contribution in [0.4, 0.5) is 4.39 Å². The van der Waals surface area contributed by atoms with Crippen molar-refractivity contribution in [3.05, 3.63) is 65.0 Å². The van der Waals surface area contributed by atoms with Crippen molar-refractivity contribution in [3.63, 3.8) is 0 Å². The van der Waals surface area contributed by atoms with E-state index in [1.54, 1.807) is 12.1 Å². The molecule has 0 aromatic heterocycles. The van der Waals surface area contributed by atoms with E-state index in [2.05, 4.69) is 17.1 Å². The van der Waals surface area contributed by atoms with Gasteiger partial charge in [0, 0.05) is 31.2 Å². The van der Waals surface area contributed by atoms with Crippen LogP contribution < -0.4 is 10.1 Å². The van der Waals surface area contributed by atoms with E-state index >= 15 is 0 Å². The number of hydrogen-bond donors (Lipinski definition) is 1. The average Bonchev–Trinajstić information content (AvgIpc) is 3.25. The summed E-state index contributed by atoms with van der Waals surface area (Å²) in [6.45, 7) is 6.52. The molecule has 1 N–H and O–H groups in total. The van der Waals surface area contributed by atoms with Gasteiger partial charge in [-0.2, -0.15) is 0 Å². The van der Waals surface area contributed by atoms with Gasteiger partial charge in [0.15, 0.2) is 0 Å². The molecule has 0 bridgehead atoms. The van der Waals surface area contributed by atoms with Gasteiger partial charge in [0.05, 0.1) is 13.2 Å². The van der Waals surface area contributed by atoms with Crippen molar-refractivity contribution < 1.29 is 18.7 Å². The second-order valence-corrected chi connectivity index (χ2v) is 8.08. The highest BCUT2D eigenvalue weighted by Crippen LogP contribution is 2.25. The lowest BCUT2D eigenvalue weighted by atomic mass is 9.89. The maximum Gasteiger partial charge on any atom is 0.251 e. The molecule has 2 atom stereocenters. The Morgan fingerprint density at radius 3 is 2.87 bits per heavy atom. The molecule has 2 aromatic carbocycles. The SMILES string of the molecule is CC[C@@H]1CN(CCOc2ccc(F)cc2)CC[C@@H]1NC(=O)c1cccc2c1COC2. The molecule has 1 amide bonds. The zero-order chi connectivity index (χ0) is 20.9. The first-order valence-electron chi connectivity index (χ1n) is 10.7. The third kappa shape index (κ3) is 4.82. The summed E-state index contributed by atoms with van der Waals surface area (Å²) in [5.41, 5.74) is 2.89. The van der Waals surface area contributed by atoms with Crippen LogP contribution in [0.5, 0.6) is 5.75 Å². The zero-order valence-corrected chi connectivity index (χ0v) is 17.4. The molecule has 0 spiro atoms. The molecular formula is C24H29FN2O3. The molecule has 0 aliphatic carbocycles. The Morgan fingerprint density at radius 2 is 2.07 bits per heavy atom. The molecule has 0 unspecified atom stereocenters. The number of benzene rings is 2. The number of piperidine rings is 1. The van der Waals surface area contributed by atoms with E-state index in [1.807, 2.05) is 18.2 Å². The lowest BCUT2D eigenvalue weighted by molar-refractivity contribution is 0.0824. The van der Waals surface area contributed by atoms with Crippen LogP contribution in [0.15, 0.2) is 42.5 Å². The minimum absolute atomic E-state index is 0.00823. The second-order valence-electron chi connectivity index (χ2n) is 8.08. The van der Waals surface area contributed by atoms with E-state index in [9.17, 15) is 9.18 Å². The van der Waals surface area contributed by atoms with Crippen LogP contribution in [0, 0.1) is 11.7 Å². The molecular weight excluding hydrogens is 383 g/mol. The third-order valence-electron chi connectivity index (χ3n) is 6.17. The molecule has 2 aromatic rings. The quantitative estimate of drug-likeness (QED) is 0.752. The van der Waals surface area contributed by atoms with Gasteiger partial charge in [-0.3, -0.25) is 9.69 Å². The predicted molar refractivity (Wildman–Crippen MR) is 113 cm³/mol. The number of hydrogen-bond acceptors (Lipinski definition) is 4. The number of amides is 1. The fraction of sp³-hybridized carbons (Fsp3) is 0.458. The first kappa shape index (κ1) is 20.8. The summed E-state index contributed by atoms with van der Waals surface area (Å²) in [7, 11) is 0. The van der Waals surface area contributed by atoms with Crippen molar-refractivity contribution in [3.8, 4) is 5.75 Å². The minimum Gasteiger partial charge on any atom is -0.492 e. The maximum atomic E-state index is 13.0. The predicted octanol–water partition coefficient (Wildman–Crippen LogP) is 3.77. The topological polar surface area (TPSA) is 50.8 Å². The Hall–Kier alpha value is -2.44. The van der Waals surface area contributed by atoms with Gasteiger partial charge in [-0.25, -0.2) is 4.39 Å². The molecule has 160 valence electrons. The molecule has 5 nitrogen and oxygen atoms in total. The molecule has 0 saturated carbocycles. The average molecular weight is 413 g/mol. The first-order valence-corrected chi connectivity index (χ1v) is 10.7. The highest BCUT2D eigenvalue weighted by Gasteiger charge is 2.30. The van der Waals surface area contributed by atoms with E-state index in [0.29, 0.717) is 31.5 Å². The molecule has 30 heavy (non-hydrogen) atoms. The van der Waals surface area contributed by atoms with E-state index in [1.165, 1.54) is 12.1 Å². The van der Waals surface area contributed by atoms with E-state index in [4.69, 9.17) is 9.47 Å². The summed E-state index contributed by atoms with van der Waals surface area (Å²) in [4.78, 5) is 15.3. The Balaban J connectivity index is 1.29. The van der Waals surface area contributed by atoms with Gasteiger partial charge in [0.1, 0.15) is 18.2 Å². The second kappa shape index (κ2) is 9.58. The van der Waals surface area contributed by atoms with Crippen LogP contribution in [0.25, 0.3) is 0 Å².